The Labute approximate surface area is 110 Å². The molecule has 3 rings (SSSR count). The predicted octanol–water partition coefficient (Wildman–Crippen LogP) is 1.81. The van der Waals surface area contributed by atoms with Crippen LogP contribution in [0.4, 0.5) is 0 Å². The molecule has 0 aliphatic carbocycles. The Bertz CT molecular complexity index is 559. The smallest absolute Gasteiger partial charge is 0.291 e. The van der Waals surface area contributed by atoms with E-state index in [4.69, 9.17) is 9.15 Å². The van der Waals surface area contributed by atoms with E-state index in [2.05, 4.69) is 4.98 Å². The van der Waals surface area contributed by atoms with Crippen molar-refractivity contribution in [1.29, 1.82) is 0 Å². The normalized spacial score (nSPS) is 15.5. The first kappa shape index (κ1) is 11.9. The Kier molecular flexibility index (Phi) is 3.29. The highest BCUT2D eigenvalue weighted by molar-refractivity contribution is 5.91. The molecule has 1 aromatic heterocycles. The van der Waals surface area contributed by atoms with Crippen LogP contribution in [0.15, 0.2) is 40.9 Å². The summed E-state index contributed by atoms with van der Waals surface area (Å²) in [5.41, 5.74) is 0.864. The van der Waals surface area contributed by atoms with Crippen LogP contribution in [0, 0.1) is 0 Å². The van der Waals surface area contributed by atoms with Crippen molar-refractivity contribution in [2.45, 2.75) is 0 Å². The first-order valence-corrected chi connectivity index (χ1v) is 6.23. The molecule has 0 N–H and O–H groups in total. The van der Waals surface area contributed by atoms with Gasteiger partial charge in [0.1, 0.15) is 0 Å². The fourth-order valence-electron chi connectivity index (χ4n) is 2.01. The van der Waals surface area contributed by atoms with Gasteiger partial charge in [0.25, 0.3) is 5.91 Å². The van der Waals surface area contributed by atoms with E-state index >= 15 is 0 Å². The number of oxazole rings is 1. The van der Waals surface area contributed by atoms with Crippen molar-refractivity contribution >= 4 is 5.91 Å². The molecule has 0 saturated carbocycles. The molecular weight excluding hydrogens is 244 g/mol. The maximum atomic E-state index is 12.2. The third-order valence-corrected chi connectivity index (χ3v) is 3.04. The molecule has 5 heteroatoms. The van der Waals surface area contributed by atoms with E-state index in [-0.39, 0.29) is 11.7 Å². The van der Waals surface area contributed by atoms with Gasteiger partial charge in [-0.2, -0.15) is 0 Å². The van der Waals surface area contributed by atoms with Gasteiger partial charge in [0.05, 0.1) is 19.4 Å². The van der Waals surface area contributed by atoms with Crippen LogP contribution in [0.25, 0.3) is 11.5 Å². The van der Waals surface area contributed by atoms with Gasteiger partial charge in [-0.25, -0.2) is 4.98 Å². The van der Waals surface area contributed by atoms with Gasteiger partial charge in [0.2, 0.25) is 11.7 Å². The summed E-state index contributed by atoms with van der Waals surface area (Å²) in [5.74, 6) is 0.621. The highest BCUT2D eigenvalue weighted by Gasteiger charge is 2.22. The van der Waals surface area contributed by atoms with E-state index in [1.807, 2.05) is 30.3 Å². The molecule has 0 unspecified atom stereocenters. The van der Waals surface area contributed by atoms with Crippen LogP contribution in [0.5, 0.6) is 0 Å². The quantitative estimate of drug-likeness (QED) is 0.824. The van der Waals surface area contributed by atoms with Gasteiger partial charge >= 0.3 is 0 Å². The van der Waals surface area contributed by atoms with E-state index in [1.54, 1.807) is 4.90 Å². The molecule has 0 atom stereocenters. The zero-order chi connectivity index (χ0) is 13.1. The van der Waals surface area contributed by atoms with Crippen molar-refractivity contribution < 1.29 is 13.9 Å². The number of hydrogen-bond donors (Lipinski definition) is 0. The number of benzene rings is 1. The van der Waals surface area contributed by atoms with Crippen LogP contribution < -0.4 is 0 Å². The monoisotopic (exact) mass is 258 g/mol. The standard InChI is InChI=1S/C14H14N2O3/c17-14(16-6-8-18-9-7-16)12-10-15-13(19-12)11-4-2-1-3-5-11/h1-5,10H,6-9H2. The maximum absolute atomic E-state index is 12.2. The van der Waals surface area contributed by atoms with Gasteiger partial charge in [0, 0.05) is 18.7 Å². The Hall–Kier alpha value is -2.14. The minimum Gasteiger partial charge on any atom is -0.431 e. The number of hydrogen-bond acceptors (Lipinski definition) is 4. The van der Waals surface area contributed by atoms with Crippen LogP contribution in [0.1, 0.15) is 10.6 Å². The third-order valence-electron chi connectivity index (χ3n) is 3.04. The Morgan fingerprint density at radius 2 is 1.89 bits per heavy atom. The molecule has 2 aromatic rings. The lowest BCUT2D eigenvalue weighted by molar-refractivity contribution is 0.0283. The van der Waals surface area contributed by atoms with Gasteiger partial charge in [0.15, 0.2) is 0 Å². The van der Waals surface area contributed by atoms with Gasteiger partial charge in [-0.1, -0.05) is 18.2 Å². The topological polar surface area (TPSA) is 55.6 Å². The SMILES string of the molecule is O=C(c1cnc(-c2ccccc2)o1)N1CCOCC1. The number of amides is 1. The van der Waals surface area contributed by atoms with E-state index in [0.717, 1.165) is 5.56 Å². The first-order valence-electron chi connectivity index (χ1n) is 6.23. The van der Waals surface area contributed by atoms with Crippen molar-refractivity contribution in [3.05, 3.63) is 42.3 Å². The lowest BCUT2D eigenvalue weighted by atomic mass is 10.2. The highest BCUT2D eigenvalue weighted by atomic mass is 16.5. The second-order valence-corrected chi connectivity index (χ2v) is 4.30. The minimum absolute atomic E-state index is 0.127. The average Bonchev–Trinajstić information content (AvgIpc) is 2.98. The number of nitrogens with zero attached hydrogens (tertiary/aromatic N) is 2. The number of carbonyl (C=O) groups excluding carboxylic acids is 1. The van der Waals surface area contributed by atoms with Gasteiger partial charge in [-0.3, -0.25) is 4.79 Å². The Balaban J connectivity index is 1.79. The summed E-state index contributed by atoms with van der Waals surface area (Å²) in [6.07, 6.45) is 1.49. The van der Waals surface area contributed by atoms with Gasteiger partial charge in [-0.15, -0.1) is 0 Å². The van der Waals surface area contributed by atoms with Crippen LogP contribution in [-0.2, 0) is 4.74 Å². The number of rotatable bonds is 2. The molecule has 0 radical (unpaired) electrons. The van der Waals surface area contributed by atoms with E-state index in [1.165, 1.54) is 6.20 Å². The fourth-order valence-corrected chi connectivity index (χ4v) is 2.01. The summed E-state index contributed by atoms with van der Waals surface area (Å²) in [7, 11) is 0. The van der Waals surface area contributed by atoms with Crippen LogP contribution >= 0.6 is 0 Å². The Morgan fingerprint density at radius 3 is 2.63 bits per heavy atom. The average molecular weight is 258 g/mol. The zero-order valence-corrected chi connectivity index (χ0v) is 10.4. The third kappa shape index (κ3) is 2.51. The lowest BCUT2D eigenvalue weighted by Crippen LogP contribution is -2.40. The lowest BCUT2D eigenvalue weighted by Gasteiger charge is -2.25. The summed E-state index contributed by atoms with van der Waals surface area (Å²) in [4.78, 5) is 18.1. The van der Waals surface area contributed by atoms with E-state index in [9.17, 15) is 4.79 Å². The molecule has 1 aromatic carbocycles. The second kappa shape index (κ2) is 5.24. The summed E-state index contributed by atoms with van der Waals surface area (Å²) in [5, 5.41) is 0. The second-order valence-electron chi connectivity index (χ2n) is 4.30. The molecule has 1 aliphatic heterocycles. The van der Waals surface area contributed by atoms with Gasteiger partial charge < -0.3 is 14.1 Å². The zero-order valence-electron chi connectivity index (χ0n) is 10.4. The predicted molar refractivity (Wildman–Crippen MR) is 68.7 cm³/mol. The number of morpholine rings is 1. The molecule has 19 heavy (non-hydrogen) atoms. The highest BCUT2D eigenvalue weighted by Crippen LogP contribution is 2.19. The number of aromatic nitrogens is 1. The van der Waals surface area contributed by atoms with Crippen molar-refractivity contribution in [3.8, 4) is 11.5 Å². The molecule has 1 amide bonds. The molecule has 1 aliphatic rings. The first-order chi connectivity index (χ1) is 9.34. The van der Waals surface area contributed by atoms with Crippen molar-refractivity contribution in [2.75, 3.05) is 26.3 Å². The molecule has 2 heterocycles. The van der Waals surface area contributed by atoms with Crippen molar-refractivity contribution in [3.63, 3.8) is 0 Å². The molecular formula is C14H14N2O3. The molecule has 1 saturated heterocycles. The molecule has 0 spiro atoms. The fraction of sp³-hybridized carbons (Fsp3) is 0.286. The van der Waals surface area contributed by atoms with Crippen LogP contribution in [0.3, 0.4) is 0 Å². The summed E-state index contributed by atoms with van der Waals surface area (Å²) >= 11 is 0. The molecule has 1 fully saturated rings. The minimum atomic E-state index is -0.127. The number of carbonyl (C=O) groups is 1. The molecule has 98 valence electrons. The van der Waals surface area contributed by atoms with Crippen molar-refractivity contribution in [1.82, 2.24) is 9.88 Å². The van der Waals surface area contributed by atoms with Crippen LogP contribution in [-0.4, -0.2) is 42.1 Å². The molecule has 5 nitrogen and oxygen atoms in total. The van der Waals surface area contributed by atoms with E-state index in [0.29, 0.717) is 32.2 Å². The summed E-state index contributed by atoms with van der Waals surface area (Å²) in [6, 6.07) is 9.53. The maximum Gasteiger partial charge on any atom is 0.291 e. The van der Waals surface area contributed by atoms with E-state index < -0.39 is 0 Å². The summed E-state index contributed by atoms with van der Waals surface area (Å²) in [6.45, 7) is 2.34. The van der Waals surface area contributed by atoms with Crippen LogP contribution in [0.2, 0.25) is 0 Å². The number of ether oxygens (including phenoxy) is 1. The van der Waals surface area contributed by atoms with Gasteiger partial charge in [-0.05, 0) is 12.1 Å². The molecule has 0 bridgehead atoms. The van der Waals surface area contributed by atoms with Crippen molar-refractivity contribution in [2.24, 2.45) is 0 Å². The Morgan fingerprint density at radius 1 is 1.16 bits per heavy atom. The summed E-state index contributed by atoms with van der Waals surface area (Å²) < 4.78 is 10.8. The largest absolute Gasteiger partial charge is 0.431 e.